The molecular formula is C26H32N+. The lowest BCUT2D eigenvalue weighted by atomic mass is 9.84. The van der Waals surface area contributed by atoms with Crippen LogP contribution in [0.15, 0.2) is 48.7 Å². The molecule has 0 unspecified atom stereocenters. The predicted octanol–water partition coefficient (Wildman–Crippen LogP) is 6.59. The van der Waals surface area contributed by atoms with E-state index in [-0.39, 0.29) is 5.41 Å². The highest BCUT2D eigenvalue weighted by Gasteiger charge is 2.22. The first-order chi connectivity index (χ1) is 12.8. The zero-order chi connectivity index (χ0) is 19.2. The lowest BCUT2D eigenvalue weighted by molar-refractivity contribution is -0.659. The summed E-state index contributed by atoms with van der Waals surface area (Å²) in [6.07, 6.45) is 7.70. The summed E-state index contributed by atoms with van der Waals surface area (Å²) < 4.78 is 2.28. The van der Waals surface area contributed by atoms with Gasteiger partial charge in [-0.25, -0.2) is 4.57 Å². The number of fused-ring (bicyclic) bond motifs is 1. The first kappa shape index (κ1) is 18.2. The first-order valence-electron chi connectivity index (χ1n) is 10.4. The number of aryl methyl sites for hydroxylation is 2. The third-order valence-corrected chi connectivity index (χ3v) is 6.35. The van der Waals surface area contributed by atoms with Gasteiger partial charge in [0.1, 0.15) is 7.05 Å². The van der Waals surface area contributed by atoms with E-state index in [4.69, 9.17) is 0 Å². The Kier molecular flexibility index (Phi) is 4.58. The summed E-state index contributed by atoms with van der Waals surface area (Å²) in [4.78, 5) is 0. The maximum atomic E-state index is 2.44. The van der Waals surface area contributed by atoms with Gasteiger partial charge >= 0.3 is 0 Å². The Morgan fingerprint density at radius 1 is 0.926 bits per heavy atom. The van der Waals surface area contributed by atoms with Gasteiger partial charge in [-0.05, 0) is 65.3 Å². The normalized spacial score (nSPS) is 15.6. The van der Waals surface area contributed by atoms with Gasteiger partial charge in [-0.2, -0.15) is 0 Å². The van der Waals surface area contributed by atoms with Crippen molar-refractivity contribution in [3.05, 3.63) is 65.4 Å². The van der Waals surface area contributed by atoms with E-state index in [9.17, 15) is 0 Å². The summed E-state index contributed by atoms with van der Waals surface area (Å²) in [6, 6.07) is 16.4. The first-order valence-corrected chi connectivity index (χ1v) is 10.4. The van der Waals surface area contributed by atoms with Gasteiger partial charge in [-0.15, -0.1) is 0 Å². The number of pyridine rings is 1. The molecular weight excluding hydrogens is 326 g/mol. The number of rotatable bonds is 2. The Balaban J connectivity index is 1.90. The maximum Gasteiger partial charge on any atom is 0.220 e. The van der Waals surface area contributed by atoms with E-state index in [0.29, 0.717) is 0 Å². The average molecular weight is 359 g/mol. The Hall–Kier alpha value is -2.15. The second kappa shape index (κ2) is 6.78. The highest BCUT2D eigenvalue weighted by Crippen LogP contribution is 2.37. The fourth-order valence-corrected chi connectivity index (χ4v) is 4.58. The van der Waals surface area contributed by atoms with Crippen molar-refractivity contribution in [1.29, 1.82) is 0 Å². The summed E-state index contributed by atoms with van der Waals surface area (Å²) in [5.41, 5.74) is 7.09. The van der Waals surface area contributed by atoms with Crippen LogP contribution in [0.25, 0.3) is 22.0 Å². The van der Waals surface area contributed by atoms with Crippen LogP contribution in [0.1, 0.15) is 69.1 Å². The fraction of sp³-hybridized carbons (Fsp3) is 0.423. The van der Waals surface area contributed by atoms with Crippen molar-refractivity contribution in [2.75, 3.05) is 0 Å². The van der Waals surface area contributed by atoms with Crippen molar-refractivity contribution >= 4 is 10.8 Å². The standard InChI is InChI=1S/C26H32N/c1-18-10-12-22(26(2,3)4)17-24(18)25-23-13-11-20(19-8-6-7-9-19)16-21(23)14-15-27(25)5/h10-17,19H,6-9H2,1-5H3/q+1. The second-order valence-electron chi connectivity index (χ2n) is 9.38. The fourth-order valence-electron chi connectivity index (χ4n) is 4.58. The lowest BCUT2D eigenvalue weighted by Gasteiger charge is -2.20. The van der Waals surface area contributed by atoms with Gasteiger partial charge in [0, 0.05) is 11.6 Å². The van der Waals surface area contributed by atoms with Gasteiger partial charge in [0.25, 0.3) is 0 Å². The molecule has 2 aromatic carbocycles. The Bertz CT molecular complexity index is 985. The number of aromatic nitrogens is 1. The molecule has 0 atom stereocenters. The van der Waals surface area contributed by atoms with Crippen molar-refractivity contribution in [2.24, 2.45) is 7.05 Å². The minimum absolute atomic E-state index is 0.154. The molecule has 1 saturated carbocycles. The van der Waals surface area contributed by atoms with E-state index in [1.165, 1.54) is 64.4 Å². The smallest absolute Gasteiger partial charge is 0.200 e. The summed E-state index contributed by atoms with van der Waals surface area (Å²) >= 11 is 0. The third-order valence-electron chi connectivity index (χ3n) is 6.35. The van der Waals surface area contributed by atoms with Crippen molar-refractivity contribution in [3.8, 4) is 11.3 Å². The monoisotopic (exact) mass is 358 g/mol. The Morgan fingerprint density at radius 2 is 1.67 bits per heavy atom. The topological polar surface area (TPSA) is 3.88 Å². The van der Waals surface area contributed by atoms with Gasteiger partial charge in [-0.1, -0.05) is 57.9 Å². The Labute approximate surface area is 164 Å². The highest BCUT2D eigenvalue weighted by molar-refractivity contribution is 5.94. The quantitative estimate of drug-likeness (QED) is 0.455. The van der Waals surface area contributed by atoms with E-state index in [1.807, 2.05) is 0 Å². The summed E-state index contributed by atoms with van der Waals surface area (Å²) in [5.74, 6) is 0.762. The summed E-state index contributed by atoms with van der Waals surface area (Å²) in [6.45, 7) is 9.10. The van der Waals surface area contributed by atoms with Gasteiger partial charge in [-0.3, -0.25) is 0 Å². The maximum absolute atomic E-state index is 2.44. The molecule has 3 aromatic rings. The van der Waals surface area contributed by atoms with Crippen LogP contribution in [0.4, 0.5) is 0 Å². The minimum atomic E-state index is 0.154. The minimum Gasteiger partial charge on any atom is -0.200 e. The van der Waals surface area contributed by atoms with Gasteiger partial charge in [0.05, 0.1) is 5.39 Å². The van der Waals surface area contributed by atoms with E-state index in [0.717, 1.165) is 5.92 Å². The number of hydrogen-bond acceptors (Lipinski definition) is 0. The van der Waals surface area contributed by atoms with E-state index >= 15 is 0 Å². The molecule has 1 aliphatic rings. The molecule has 1 heterocycles. The molecule has 1 aliphatic carbocycles. The molecule has 0 bridgehead atoms. The number of benzene rings is 2. The van der Waals surface area contributed by atoms with Gasteiger partial charge in [0.15, 0.2) is 6.20 Å². The summed E-state index contributed by atoms with van der Waals surface area (Å²) in [7, 11) is 2.17. The van der Waals surface area contributed by atoms with Crippen molar-refractivity contribution in [3.63, 3.8) is 0 Å². The van der Waals surface area contributed by atoms with Crippen LogP contribution in [-0.2, 0) is 12.5 Å². The van der Waals surface area contributed by atoms with Crippen LogP contribution >= 0.6 is 0 Å². The highest BCUT2D eigenvalue weighted by atomic mass is 14.9. The molecule has 27 heavy (non-hydrogen) atoms. The van der Waals surface area contributed by atoms with E-state index in [1.54, 1.807) is 0 Å². The van der Waals surface area contributed by atoms with Crippen molar-refractivity contribution in [2.45, 2.75) is 64.7 Å². The van der Waals surface area contributed by atoms with E-state index in [2.05, 4.69) is 88.0 Å². The molecule has 0 spiro atoms. The molecule has 0 aliphatic heterocycles. The molecule has 0 saturated heterocycles. The SMILES string of the molecule is Cc1ccc(C(C)(C)C)cc1-c1c2ccc(C3CCCC3)cc2cc[n+]1C. The molecule has 1 aromatic heterocycles. The van der Waals surface area contributed by atoms with Crippen LogP contribution in [0, 0.1) is 6.92 Å². The average Bonchev–Trinajstić information content (AvgIpc) is 3.16. The molecule has 1 nitrogen and oxygen atoms in total. The second-order valence-corrected chi connectivity index (χ2v) is 9.38. The van der Waals surface area contributed by atoms with Crippen LogP contribution < -0.4 is 4.57 Å². The Morgan fingerprint density at radius 3 is 2.37 bits per heavy atom. The molecule has 0 N–H and O–H groups in total. The molecule has 0 radical (unpaired) electrons. The molecule has 1 heteroatoms. The van der Waals surface area contributed by atoms with Crippen molar-refractivity contribution in [1.82, 2.24) is 0 Å². The largest absolute Gasteiger partial charge is 0.220 e. The van der Waals surface area contributed by atoms with Crippen molar-refractivity contribution < 1.29 is 4.57 Å². The van der Waals surface area contributed by atoms with Crippen LogP contribution in [-0.4, -0.2) is 0 Å². The van der Waals surface area contributed by atoms with Crippen LogP contribution in [0.3, 0.4) is 0 Å². The number of nitrogens with zero attached hydrogens (tertiary/aromatic N) is 1. The molecule has 0 amide bonds. The zero-order valence-electron chi connectivity index (χ0n) is 17.5. The molecule has 140 valence electrons. The van der Waals surface area contributed by atoms with Crippen LogP contribution in [0.5, 0.6) is 0 Å². The third kappa shape index (κ3) is 3.40. The summed E-state index contributed by atoms with van der Waals surface area (Å²) in [5, 5.41) is 2.73. The van der Waals surface area contributed by atoms with E-state index < -0.39 is 0 Å². The van der Waals surface area contributed by atoms with Gasteiger partial charge < -0.3 is 0 Å². The lowest BCUT2D eigenvalue weighted by Crippen LogP contribution is -2.31. The molecule has 1 fully saturated rings. The zero-order valence-corrected chi connectivity index (χ0v) is 17.5. The van der Waals surface area contributed by atoms with Crippen LogP contribution in [0.2, 0.25) is 0 Å². The van der Waals surface area contributed by atoms with Gasteiger partial charge in [0.2, 0.25) is 5.69 Å². The molecule has 4 rings (SSSR count). The number of hydrogen-bond donors (Lipinski definition) is 0. The predicted molar refractivity (Wildman–Crippen MR) is 115 cm³/mol.